The van der Waals surface area contributed by atoms with Gasteiger partial charge in [-0.25, -0.2) is 0 Å². The summed E-state index contributed by atoms with van der Waals surface area (Å²) in [5.41, 5.74) is 0.849. The number of hydrogen-bond donors (Lipinski definition) is 1. The van der Waals surface area contributed by atoms with Crippen LogP contribution in [0.15, 0.2) is 29.6 Å². The summed E-state index contributed by atoms with van der Waals surface area (Å²) in [6.45, 7) is 3.98. The lowest BCUT2D eigenvalue weighted by Crippen LogP contribution is -1.99. The smallest absolute Gasteiger partial charge is 0.317 e. The monoisotopic (exact) mass is 232 g/mol. The predicted octanol–water partition coefficient (Wildman–Crippen LogP) is 2.83. The van der Waals surface area contributed by atoms with Crippen molar-refractivity contribution in [2.45, 2.75) is 19.9 Å². The molecule has 0 spiro atoms. The van der Waals surface area contributed by atoms with E-state index in [1.54, 1.807) is 12.1 Å². The van der Waals surface area contributed by atoms with E-state index in [9.17, 15) is 14.8 Å². The number of aromatic hydroxyl groups is 1. The first-order valence-corrected chi connectivity index (χ1v) is 5.26. The van der Waals surface area contributed by atoms with Crippen LogP contribution < -0.4 is 0 Å². The summed E-state index contributed by atoms with van der Waals surface area (Å²) in [5, 5.41) is 12.6. The van der Waals surface area contributed by atoms with Crippen molar-refractivity contribution in [3.8, 4) is 5.75 Å². The molecule has 17 heavy (non-hydrogen) atoms. The summed E-state index contributed by atoms with van der Waals surface area (Å²) in [4.78, 5) is 21.7. The van der Waals surface area contributed by atoms with Crippen molar-refractivity contribution in [1.82, 2.24) is 4.57 Å². The Morgan fingerprint density at radius 3 is 2.71 bits per heavy atom. The second-order valence-corrected chi connectivity index (χ2v) is 4.14. The molecule has 0 aliphatic rings. The Kier molecular flexibility index (Phi) is 2.67. The minimum absolute atomic E-state index is 0.0508. The van der Waals surface area contributed by atoms with Crippen LogP contribution in [-0.2, 0) is 0 Å². The molecule has 0 atom stereocenters. The fourth-order valence-electron chi connectivity index (χ4n) is 1.92. The Morgan fingerprint density at radius 2 is 2.12 bits per heavy atom. The van der Waals surface area contributed by atoms with E-state index in [1.165, 1.54) is 6.07 Å². The van der Waals surface area contributed by atoms with Crippen LogP contribution in [0.5, 0.6) is 5.75 Å². The molecule has 0 radical (unpaired) electrons. The molecule has 1 heterocycles. The lowest BCUT2D eigenvalue weighted by molar-refractivity contribution is 0.100. The molecule has 1 N–H and O–H groups in total. The molecule has 0 fully saturated rings. The highest BCUT2D eigenvalue weighted by Crippen LogP contribution is 2.28. The van der Waals surface area contributed by atoms with Gasteiger partial charge in [-0.3, -0.25) is 4.79 Å². The van der Waals surface area contributed by atoms with Crippen molar-refractivity contribution in [1.29, 1.82) is 0 Å². The Morgan fingerprint density at radius 1 is 1.41 bits per heavy atom. The molecule has 5 heteroatoms. The van der Waals surface area contributed by atoms with E-state index < -0.39 is 5.91 Å². The Balaban J connectivity index is 2.78. The third-order valence-electron chi connectivity index (χ3n) is 2.69. The number of rotatable bonds is 2. The minimum Gasteiger partial charge on any atom is -0.508 e. The molecular weight excluding hydrogens is 220 g/mol. The van der Waals surface area contributed by atoms with Gasteiger partial charge in [0.25, 0.3) is 0 Å². The summed E-state index contributed by atoms with van der Waals surface area (Å²) in [7, 11) is 0. The number of aromatic nitrogens is 1. The number of fused-ring (bicyclic) bond motifs is 1. The van der Waals surface area contributed by atoms with Crippen LogP contribution in [0.3, 0.4) is 0 Å². The second kappa shape index (κ2) is 4.01. The van der Waals surface area contributed by atoms with Gasteiger partial charge in [-0.2, -0.15) is 0 Å². The molecule has 88 valence electrons. The molecular formula is C12H12N2O3. The topological polar surface area (TPSA) is 71.7 Å². The summed E-state index contributed by atoms with van der Waals surface area (Å²) in [6, 6.07) is 4.77. The van der Waals surface area contributed by atoms with Gasteiger partial charge in [-0.05, 0) is 26.0 Å². The standard InChI is InChI=1S/C12H12N2O3/c1-7(2)14-4-3-9-10(12(16)13-17)5-8(15)6-11(9)14/h3-7,15H,1-2H3. The number of carbonyl (C=O) groups is 1. The van der Waals surface area contributed by atoms with E-state index in [0.29, 0.717) is 10.9 Å². The van der Waals surface area contributed by atoms with Gasteiger partial charge in [0.1, 0.15) is 5.75 Å². The first kappa shape index (κ1) is 11.3. The van der Waals surface area contributed by atoms with Crippen LogP contribution in [-0.4, -0.2) is 15.6 Å². The molecule has 1 aromatic heterocycles. The van der Waals surface area contributed by atoms with Crippen LogP contribution in [0.2, 0.25) is 0 Å². The van der Waals surface area contributed by atoms with Crippen LogP contribution >= 0.6 is 0 Å². The van der Waals surface area contributed by atoms with Gasteiger partial charge in [-0.1, -0.05) is 0 Å². The second-order valence-electron chi connectivity index (χ2n) is 4.14. The van der Waals surface area contributed by atoms with Crippen LogP contribution in [0.25, 0.3) is 10.9 Å². The Hall–Kier alpha value is -2.17. The van der Waals surface area contributed by atoms with Crippen molar-refractivity contribution in [2.75, 3.05) is 0 Å². The number of amides is 1. The predicted molar refractivity (Wildman–Crippen MR) is 64.1 cm³/mol. The van der Waals surface area contributed by atoms with Crippen LogP contribution in [0.4, 0.5) is 0 Å². The number of hydrogen-bond acceptors (Lipinski definition) is 3. The molecule has 1 aromatic carbocycles. The van der Waals surface area contributed by atoms with Crippen LogP contribution in [0, 0.1) is 4.91 Å². The number of phenols is 1. The number of nitroso groups, excluding NO2 is 1. The van der Waals surface area contributed by atoms with E-state index in [2.05, 4.69) is 5.18 Å². The lowest BCUT2D eigenvalue weighted by atomic mass is 10.1. The van der Waals surface area contributed by atoms with Gasteiger partial charge in [-0.15, -0.1) is 4.91 Å². The van der Waals surface area contributed by atoms with Crippen molar-refractivity contribution in [2.24, 2.45) is 5.18 Å². The summed E-state index contributed by atoms with van der Waals surface area (Å²) >= 11 is 0. The fourth-order valence-corrected chi connectivity index (χ4v) is 1.92. The first-order valence-electron chi connectivity index (χ1n) is 5.26. The maximum absolute atomic E-state index is 11.4. The van der Waals surface area contributed by atoms with E-state index in [0.717, 1.165) is 0 Å². The average molecular weight is 232 g/mol. The van der Waals surface area contributed by atoms with Gasteiger partial charge in [0.05, 0.1) is 11.1 Å². The Labute approximate surface area is 97.6 Å². The zero-order valence-corrected chi connectivity index (χ0v) is 9.54. The SMILES string of the molecule is CC(C)n1ccc2c(C(=O)N=O)cc(O)cc21. The zero-order chi connectivity index (χ0) is 12.6. The largest absolute Gasteiger partial charge is 0.508 e. The number of nitrogens with zero attached hydrogens (tertiary/aromatic N) is 2. The number of benzene rings is 1. The van der Waals surface area contributed by atoms with Gasteiger partial charge in [0.15, 0.2) is 0 Å². The molecule has 2 rings (SSSR count). The maximum Gasteiger partial charge on any atom is 0.317 e. The third-order valence-corrected chi connectivity index (χ3v) is 2.69. The van der Waals surface area contributed by atoms with Gasteiger partial charge in [0, 0.05) is 28.9 Å². The highest BCUT2D eigenvalue weighted by atomic mass is 16.3. The summed E-state index contributed by atoms with van der Waals surface area (Å²) in [6.07, 6.45) is 1.82. The molecule has 2 aromatic rings. The van der Waals surface area contributed by atoms with E-state index in [1.807, 2.05) is 24.6 Å². The van der Waals surface area contributed by atoms with E-state index in [4.69, 9.17) is 0 Å². The fraction of sp³-hybridized carbons (Fsp3) is 0.250. The van der Waals surface area contributed by atoms with E-state index >= 15 is 0 Å². The third kappa shape index (κ3) is 1.80. The lowest BCUT2D eigenvalue weighted by Gasteiger charge is -2.09. The highest BCUT2D eigenvalue weighted by molar-refractivity contribution is 6.07. The molecule has 0 aliphatic carbocycles. The van der Waals surface area contributed by atoms with Gasteiger partial charge < -0.3 is 9.67 Å². The Bertz CT molecular complexity index is 599. The average Bonchev–Trinajstić information content (AvgIpc) is 2.70. The van der Waals surface area contributed by atoms with Crippen LogP contribution in [0.1, 0.15) is 30.2 Å². The van der Waals surface area contributed by atoms with Gasteiger partial charge in [0.2, 0.25) is 0 Å². The molecule has 0 bridgehead atoms. The van der Waals surface area contributed by atoms with Crippen molar-refractivity contribution in [3.63, 3.8) is 0 Å². The zero-order valence-electron chi connectivity index (χ0n) is 9.54. The summed E-state index contributed by atoms with van der Waals surface area (Å²) in [5.74, 6) is -0.919. The minimum atomic E-state index is -0.868. The molecule has 1 amide bonds. The van der Waals surface area contributed by atoms with Crippen molar-refractivity contribution < 1.29 is 9.90 Å². The van der Waals surface area contributed by atoms with E-state index in [-0.39, 0.29) is 17.4 Å². The summed E-state index contributed by atoms with van der Waals surface area (Å²) < 4.78 is 1.91. The van der Waals surface area contributed by atoms with Crippen molar-refractivity contribution in [3.05, 3.63) is 34.9 Å². The molecule has 0 saturated heterocycles. The molecule has 0 aliphatic heterocycles. The first-order chi connectivity index (χ1) is 8.04. The number of carbonyl (C=O) groups excluding carboxylic acids is 1. The number of phenolic OH excluding ortho intramolecular Hbond substituents is 1. The van der Waals surface area contributed by atoms with Gasteiger partial charge >= 0.3 is 5.91 Å². The highest BCUT2D eigenvalue weighted by Gasteiger charge is 2.15. The maximum atomic E-state index is 11.4. The van der Waals surface area contributed by atoms with Crippen molar-refractivity contribution >= 4 is 16.8 Å². The molecule has 5 nitrogen and oxygen atoms in total. The molecule has 0 unspecified atom stereocenters. The normalized spacial score (nSPS) is 11.0. The molecule has 0 saturated carbocycles. The quantitative estimate of drug-likeness (QED) is 0.809.